The van der Waals surface area contributed by atoms with Crippen LogP contribution < -0.4 is 20.9 Å². The number of hydrogen-bond donors (Lipinski definition) is 3. The number of carbonyl (C=O) groups excluding carboxylic acids is 2. The lowest BCUT2D eigenvalue weighted by atomic mass is 10.1. The van der Waals surface area contributed by atoms with Crippen LogP contribution in [0.4, 0.5) is 26.2 Å². The molecule has 1 heterocycles. The molecule has 1 aliphatic rings. The van der Waals surface area contributed by atoms with Gasteiger partial charge in [0.2, 0.25) is 0 Å². The van der Waals surface area contributed by atoms with E-state index in [9.17, 15) is 14.0 Å². The lowest BCUT2D eigenvalue weighted by Crippen LogP contribution is -2.27. The highest BCUT2D eigenvalue weighted by Crippen LogP contribution is 2.28. The van der Waals surface area contributed by atoms with Gasteiger partial charge in [0.25, 0.3) is 5.91 Å². The van der Waals surface area contributed by atoms with Crippen molar-refractivity contribution in [2.45, 2.75) is 19.4 Å². The zero-order valence-corrected chi connectivity index (χ0v) is 18.5. The lowest BCUT2D eigenvalue weighted by molar-refractivity contribution is 0.0951. The van der Waals surface area contributed by atoms with Crippen molar-refractivity contribution in [1.82, 2.24) is 5.32 Å². The molecule has 0 atom stereocenters. The van der Waals surface area contributed by atoms with Crippen LogP contribution in [0, 0.1) is 17.1 Å². The summed E-state index contributed by atoms with van der Waals surface area (Å²) in [5.41, 5.74) is 3.43. The number of nitrogens with zero attached hydrogens (tertiary/aromatic N) is 2. The molecule has 34 heavy (non-hydrogen) atoms. The van der Waals surface area contributed by atoms with Gasteiger partial charge in [-0.3, -0.25) is 4.79 Å². The van der Waals surface area contributed by atoms with Gasteiger partial charge in [0.1, 0.15) is 5.82 Å². The van der Waals surface area contributed by atoms with E-state index in [2.05, 4.69) is 20.9 Å². The molecule has 0 spiro atoms. The Kier molecular flexibility index (Phi) is 7.04. The van der Waals surface area contributed by atoms with Crippen molar-refractivity contribution in [2.75, 3.05) is 28.6 Å². The highest BCUT2D eigenvalue weighted by atomic mass is 19.1. The number of benzene rings is 3. The van der Waals surface area contributed by atoms with Crippen LogP contribution in [-0.2, 0) is 6.54 Å². The second kappa shape index (κ2) is 10.5. The van der Waals surface area contributed by atoms with Crippen LogP contribution in [0.5, 0.6) is 0 Å². The largest absolute Gasteiger partial charge is 0.371 e. The molecule has 8 heteroatoms. The monoisotopic (exact) mass is 457 g/mol. The molecule has 1 fully saturated rings. The average Bonchev–Trinajstić information content (AvgIpc) is 3.38. The zero-order chi connectivity index (χ0) is 23.9. The summed E-state index contributed by atoms with van der Waals surface area (Å²) in [6, 6.07) is 19.3. The summed E-state index contributed by atoms with van der Waals surface area (Å²) < 4.78 is 13.2. The Balaban J connectivity index is 1.50. The Morgan fingerprint density at radius 1 is 0.941 bits per heavy atom. The maximum atomic E-state index is 13.2. The van der Waals surface area contributed by atoms with Crippen molar-refractivity contribution in [3.8, 4) is 6.07 Å². The molecule has 0 aliphatic carbocycles. The fourth-order valence-electron chi connectivity index (χ4n) is 3.87. The first-order valence-electron chi connectivity index (χ1n) is 11.0. The number of hydrogen-bond acceptors (Lipinski definition) is 4. The van der Waals surface area contributed by atoms with Crippen molar-refractivity contribution >= 4 is 29.0 Å². The molecular weight excluding hydrogens is 433 g/mol. The van der Waals surface area contributed by atoms with Crippen LogP contribution in [0.3, 0.4) is 0 Å². The average molecular weight is 458 g/mol. The van der Waals surface area contributed by atoms with Crippen molar-refractivity contribution < 1.29 is 14.0 Å². The summed E-state index contributed by atoms with van der Waals surface area (Å²) >= 11 is 0. The molecule has 1 saturated heterocycles. The Morgan fingerprint density at radius 3 is 2.35 bits per heavy atom. The molecule has 3 amide bonds. The van der Waals surface area contributed by atoms with E-state index in [-0.39, 0.29) is 18.3 Å². The minimum Gasteiger partial charge on any atom is -0.371 e. The highest BCUT2D eigenvalue weighted by molar-refractivity contribution is 6.04. The molecule has 0 aromatic heterocycles. The van der Waals surface area contributed by atoms with Gasteiger partial charge in [-0.2, -0.15) is 5.26 Å². The zero-order valence-electron chi connectivity index (χ0n) is 18.5. The van der Waals surface area contributed by atoms with Crippen LogP contribution in [0.2, 0.25) is 0 Å². The third kappa shape index (κ3) is 5.70. The summed E-state index contributed by atoms with van der Waals surface area (Å²) in [4.78, 5) is 27.7. The van der Waals surface area contributed by atoms with Gasteiger partial charge in [-0.1, -0.05) is 18.2 Å². The van der Waals surface area contributed by atoms with Crippen LogP contribution >= 0.6 is 0 Å². The first kappa shape index (κ1) is 22.8. The van der Waals surface area contributed by atoms with Gasteiger partial charge in [-0.05, 0) is 66.9 Å². The SMILES string of the molecule is N#Cc1cccc(NC(=O)Nc2ccc(N3CCCC3)c(C(=O)NCc3ccc(F)cc3)c2)c1. The molecule has 3 N–H and O–H groups in total. The van der Waals surface area contributed by atoms with E-state index in [1.807, 2.05) is 12.1 Å². The molecule has 0 radical (unpaired) electrons. The fraction of sp³-hybridized carbons (Fsp3) is 0.192. The van der Waals surface area contributed by atoms with Crippen molar-refractivity contribution in [3.05, 3.63) is 89.2 Å². The molecule has 3 aromatic carbocycles. The van der Waals surface area contributed by atoms with Gasteiger partial charge in [0, 0.05) is 36.7 Å². The van der Waals surface area contributed by atoms with Gasteiger partial charge >= 0.3 is 6.03 Å². The molecule has 172 valence electrons. The van der Waals surface area contributed by atoms with Gasteiger partial charge in [-0.25, -0.2) is 9.18 Å². The van der Waals surface area contributed by atoms with E-state index in [0.717, 1.165) is 37.2 Å². The van der Waals surface area contributed by atoms with E-state index in [1.165, 1.54) is 12.1 Å². The van der Waals surface area contributed by atoms with E-state index in [1.54, 1.807) is 48.5 Å². The number of urea groups is 1. The van der Waals surface area contributed by atoms with Crippen molar-refractivity contribution in [2.24, 2.45) is 0 Å². The summed E-state index contributed by atoms with van der Waals surface area (Å²) in [5.74, 6) is -0.611. The molecule has 3 aromatic rings. The quantitative estimate of drug-likeness (QED) is 0.492. The number of amides is 3. The minimum absolute atomic E-state index is 0.256. The summed E-state index contributed by atoms with van der Waals surface area (Å²) in [7, 11) is 0. The molecule has 4 rings (SSSR count). The van der Waals surface area contributed by atoms with Crippen molar-refractivity contribution in [3.63, 3.8) is 0 Å². The Labute approximate surface area is 197 Å². The third-order valence-corrected chi connectivity index (χ3v) is 5.56. The molecule has 0 saturated carbocycles. The number of nitrogens with one attached hydrogen (secondary N) is 3. The maximum absolute atomic E-state index is 13.2. The first-order valence-corrected chi connectivity index (χ1v) is 11.0. The predicted molar refractivity (Wildman–Crippen MR) is 129 cm³/mol. The van der Waals surface area contributed by atoms with E-state index in [4.69, 9.17) is 5.26 Å². The minimum atomic E-state index is -0.485. The highest BCUT2D eigenvalue weighted by Gasteiger charge is 2.20. The summed E-state index contributed by atoms with van der Waals surface area (Å²) in [6.45, 7) is 1.98. The van der Waals surface area contributed by atoms with E-state index in [0.29, 0.717) is 22.5 Å². The number of nitriles is 1. The topological polar surface area (TPSA) is 97.3 Å². The third-order valence-electron chi connectivity index (χ3n) is 5.56. The van der Waals surface area contributed by atoms with Gasteiger partial charge in [0.15, 0.2) is 0 Å². The van der Waals surface area contributed by atoms with Gasteiger partial charge < -0.3 is 20.9 Å². The predicted octanol–water partition coefficient (Wildman–Crippen LogP) is 4.87. The summed E-state index contributed by atoms with van der Waals surface area (Å²) in [6.07, 6.45) is 2.11. The molecule has 7 nitrogen and oxygen atoms in total. The smallest absolute Gasteiger partial charge is 0.323 e. The maximum Gasteiger partial charge on any atom is 0.323 e. The molecule has 0 unspecified atom stereocenters. The number of halogens is 1. The number of rotatable bonds is 6. The van der Waals surface area contributed by atoms with Gasteiger partial charge in [0.05, 0.1) is 17.2 Å². The van der Waals surface area contributed by atoms with Crippen LogP contribution in [0.25, 0.3) is 0 Å². The summed E-state index contributed by atoms with van der Waals surface area (Å²) in [5, 5.41) is 17.3. The Morgan fingerprint density at radius 2 is 1.65 bits per heavy atom. The second-order valence-electron chi connectivity index (χ2n) is 8.01. The normalized spacial score (nSPS) is 12.6. The molecule has 0 bridgehead atoms. The Bertz CT molecular complexity index is 1230. The second-order valence-corrected chi connectivity index (χ2v) is 8.01. The molecule has 1 aliphatic heterocycles. The first-order chi connectivity index (χ1) is 16.5. The Hall–Kier alpha value is -4.38. The van der Waals surface area contributed by atoms with E-state index < -0.39 is 6.03 Å². The van der Waals surface area contributed by atoms with Crippen LogP contribution in [0.15, 0.2) is 66.7 Å². The fourth-order valence-corrected chi connectivity index (χ4v) is 3.87. The standard InChI is InChI=1S/C26H24FN5O2/c27-20-8-6-18(7-9-20)17-29-25(33)23-15-22(10-11-24(23)32-12-1-2-13-32)31-26(34)30-21-5-3-4-19(14-21)16-28/h3-11,14-15H,1-2,12-13,17H2,(H,29,33)(H2,30,31,34). The number of carbonyl (C=O) groups is 2. The molecular formula is C26H24FN5O2. The van der Waals surface area contributed by atoms with E-state index >= 15 is 0 Å². The van der Waals surface area contributed by atoms with Gasteiger partial charge in [-0.15, -0.1) is 0 Å². The van der Waals surface area contributed by atoms with Crippen LogP contribution in [-0.4, -0.2) is 25.0 Å². The van der Waals surface area contributed by atoms with Crippen molar-refractivity contribution in [1.29, 1.82) is 5.26 Å². The lowest BCUT2D eigenvalue weighted by Gasteiger charge is -2.22. The number of anilines is 3. The van der Waals surface area contributed by atoms with Crippen LogP contribution in [0.1, 0.15) is 34.3 Å².